The van der Waals surface area contributed by atoms with Crippen LogP contribution >= 0.6 is 11.3 Å². The molecule has 0 radical (unpaired) electrons. The smallest absolute Gasteiger partial charge is 0.252 e. The molecule has 1 aliphatic heterocycles. The minimum absolute atomic E-state index is 0.0653. The summed E-state index contributed by atoms with van der Waals surface area (Å²) in [6, 6.07) is 14.7. The first kappa shape index (κ1) is 23.1. The average molecular weight is 499 g/mol. The predicted molar refractivity (Wildman–Crippen MR) is 144 cm³/mol. The lowest BCUT2D eigenvalue weighted by molar-refractivity contribution is 0.0930. The van der Waals surface area contributed by atoms with Gasteiger partial charge < -0.3 is 15.4 Å². The molecular formula is C29H30N4O2S. The van der Waals surface area contributed by atoms with Crippen molar-refractivity contribution in [3.8, 4) is 16.2 Å². The van der Waals surface area contributed by atoms with Crippen molar-refractivity contribution in [3.05, 3.63) is 76.1 Å². The second-order valence-electron chi connectivity index (χ2n) is 10.1. The van der Waals surface area contributed by atoms with E-state index in [2.05, 4.69) is 33.8 Å². The van der Waals surface area contributed by atoms with E-state index in [9.17, 15) is 4.79 Å². The standard InChI is InChI=1S/C29H30N4O2S/c1-17-4-6-22(35-16-21-8-11-30-21)14-24(17)28(34)33-29(9-10-29)25-12-20(27-15-31-19(3)36-27)13-26-23(25)7-5-18(2)32-26/h4-7,12-15,21,30H,8-11,16H2,1-3H3,(H,33,34)/t21-/m0/s1. The van der Waals surface area contributed by atoms with Gasteiger partial charge in [0.15, 0.2) is 0 Å². The normalized spacial score (nSPS) is 18.0. The first-order valence-electron chi connectivity index (χ1n) is 12.5. The van der Waals surface area contributed by atoms with Crippen molar-refractivity contribution in [2.24, 2.45) is 0 Å². The number of fused-ring (bicyclic) bond motifs is 1. The third kappa shape index (κ3) is 4.38. The van der Waals surface area contributed by atoms with E-state index in [0.29, 0.717) is 18.2 Å². The van der Waals surface area contributed by atoms with Gasteiger partial charge in [-0.15, -0.1) is 11.3 Å². The van der Waals surface area contributed by atoms with Gasteiger partial charge in [-0.3, -0.25) is 9.78 Å². The van der Waals surface area contributed by atoms with Gasteiger partial charge in [-0.25, -0.2) is 4.98 Å². The van der Waals surface area contributed by atoms with E-state index in [4.69, 9.17) is 9.72 Å². The topological polar surface area (TPSA) is 76.1 Å². The molecule has 4 aromatic rings. The zero-order valence-corrected chi connectivity index (χ0v) is 21.7. The van der Waals surface area contributed by atoms with E-state index in [1.165, 1.54) is 0 Å². The third-order valence-corrected chi connectivity index (χ3v) is 8.26. The second-order valence-corrected chi connectivity index (χ2v) is 11.3. The minimum Gasteiger partial charge on any atom is -0.492 e. The summed E-state index contributed by atoms with van der Waals surface area (Å²) in [6.07, 6.45) is 4.85. The highest BCUT2D eigenvalue weighted by molar-refractivity contribution is 7.15. The molecule has 1 saturated carbocycles. The molecule has 6 nitrogen and oxygen atoms in total. The highest BCUT2D eigenvalue weighted by atomic mass is 32.1. The molecule has 2 aromatic heterocycles. The number of aromatic nitrogens is 2. The molecule has 0 spiro atoms. The highest BCUT2D eigenvalue weighted by Crippen LogP contribution is 2.49. The molecule has 1 atom stereocenters. The summed E-state index contributed by atoms with van der Waals surface area (Å²) >= 11 is 1.68. The van der Waals surface area contributed by atoms with Crippen LogP contribution in [0, 0.1) is 20.8 Å². The number of carbonyl (C=O) groups excluding carboxylic acids is 1. The molecule has 1 aliphatic carbocycles. The van der Waals surface area contributed by atoms with Gasteiger partial charge in [0.05, 0.1) is 20.9 Å². The van der Waals surface area contributed by atoms with E-state index in [1.54, 1.807) is 11.3 Å². The number of pyridine rings is 1. The Kier molecular flexibility index (Phi) is 5.77. The Balaban J connectivity index is 1.33. The SMILES string of the molecule is Cc1ccc2c(C3(NC(=O)c4cc(OC[C@@H]5CCN5)ccc4C)CC3)cc(-c3cnc(C)s3)cc2n1. The number of hydrogen-bond acceptors (Lipinski definition) is 6. The van der Waals surface area contributed by atoms with Crippen LogP contribution < -0.4 is 15.4 Å². The maximum absolute atomic E-state index is 13.6. The van der Waals surface area contributed by atoms with Crippen LogP contribution in [0.4, 0.5) is 0 Å². The van der Waals surface area contributed by atoms with Gasteiger partial charge in [0, 0.05) is 28.9 Å². The fraction of sp³-hybridized carbons (Fsp3) is 0.345. The van der Waals surface area contributed by atoms with Crippen molar-refractivity contribution in [2.45, 2.75) is 51.6 Å². The fourth-order valence-corrected chi connectivity index (χ4v) is 5.63. The lowest BCUT2D eigenvalue weighted by atomic mass is 9.95. The van der Waals surface area contributed by atoms with Crippen LogP contribution in [0.15, 0.2) is 48.7 Å². The van der Waals surface area contributed by atoms with Crippen molar-refractivity contribution in [3.63, 3.8) is 0 Å². The van der Waals surface area contributed by atoms with Crippen molar-refractivity contribution >= 4 is 28.1 Å². The lowest BCUT2D eigenvalue weighted by Crippen LogP contribution is -2.46. The van der Waals surface area contributed by atoms with E-state index in [0.717, 1.165) is 74.7 Å². The molecule has 2 N–H and O–H groups in total. The van der Waals surface area contributed by atoms with E-state index >= 15 is 0 Å². The molecule has 36 heavy (non-hydrogen) atoms. The van der Waals surface area contributed by atoms with Crippen LogP contribution in [0.1, 0.15) is 51.4 Å². The van der Waals surface area contributed by atoms with Crippen molar-refractivity contribution in [1.29, 1.82) is 0 Å². The first-order chi connectivity index (χ1) is 17.4. The Bertz CT molecular complexity index is 1470. The maximum atomic E-state index is 13.6. The molecule has 0 bridgehead atoms. The summed E-state index contributed by atoms with van der Waals surface area (Å²) in [5.74, 6) is 0.668. The molecule has 1 amide bonds. The van der Waals surface area contributed by atoms with Crippen molar-refractivity contribution < 1.29 is 9.53 Å². The predicted octanol–water partition coefficient (Wildman–Crippen LogP) is 5.44. The Morgan fingerprint density at radius 2 is 2.00 bits per heavy atom. The Morgan fingerprint density at radius 1 is 1.17 bits per heavy atom. The number of carbonyl (C=O) groups is 1. The van der Waals surface area contributed by atoms with E-state index in [-0.39, 0.29) is 5.91 Å². The minimum atomic E-state index is -0.402. The Morgan fingerprint density at radius 3 is 2.69 bits per heavy atom. The monoisotopic (exact) mass is 498 g/mol. The highest BCUT2D eigenvalue weighted by Gasteiger charge is 2.47. The van der Waals surface area contributed by atoms with Crippen LogP contribution in [0.5, 0.6) is 5.75 Å². The third-order valence-electron chi connectivity index (χ3n) is 7.30. The summed E-state index contributed by atoms with van der Waals surface area (Å²) in [6.45, 7) is 7.67. The second kappa shape index (κ2) is 8.98. The number of nitrogens with one attached hydrogen (secondary N) is 2. The quantitative estimate of drug-likeness (QED) is 0.355. The lowest BCUT2D eigenvalue weighted by Gasteiger charge is -2.27. The van der Waals surface area contributed by atoms with Gasteiger partial charge in [0.2, 0.25) is 0 Å². The van der Waals surface area contributed by atoms with E-state index in [1.807, 2.05) is 51.2 Å². The zero-order chi connectivity index (χ0) is 24.9. The molecule has 0 unspecified atom stereocenters. The van der Waals surface area contributed by atoms with Crippen molar-refractivity contribution in [2.75, 3.05) is 13.2 Å². The Hall–Kier alpha value is -3.29. The van der Waals surface area contributed by atoms with Crippen LogP contribution in [0.25, 0.3) is 21.3 Å². The average Bonchev–Trinajstić information content (AvgIpc) is 3.47. The van der Waals surface area contributed by atoms with E-state index < -0.39 is 5.54 Å². The van der Waals surface area contributed by atoms with Gasteiger partial charge in [-0.1, -0.05) is 12.1 Å². The molecule has 2 fully saturated rings. The van der Waals surface area contributed by atoms with Gasteiger partial charge in [0.25, 0.3) is 5.91 Å². The van der Waals surface area contributed by atoms with Crippen LogP contribution in [-0.4, -0.2) is 35.1 Å². The van der Waals surface area contributed by atoms with Crippen LogP contribution in [-0.2, 0) is 5.54 Å². The zero-order valence-electron chi connectivity index (χ0n) is 20.9. The van der Waals surface area contributed by atoms with Crippen molar-refractivity contribution in [1.82, 2.24) is 20.6 Å². The first-order valence-corrected chi connectivity index (χ1v) is 13.4. The summed E-state index contributed by atoms with van der Waals surface area (Å²) in [4.78, 5) is 24.0. The molecule has 184 valence electrons. The fourth-order valence-electron chi connectivity index (χ4n) is 4.86. The molecule has 1 saturated heterocycles. The van der Waals surface area contributed by atoms with Gasteiger partial charge in [-0.05, 0) is 93.6 Å². The summed E-state index contributed by atoms with van der Waals surface area (Å²) < 4.78 is 5.97. The molecular weight excluding hydrogens is 468 g/mol. The number of amides is 1. The number of hydrogen-bond donors (Lipinski definition) is 2. The molecule has 7 heteroatoms. The molecule has 3 heterocycles. The number of ether oxygens (including phenoxy) is 1. The number of rotatable bonds is 7. The van der Waals surface area contributed by atoms with Crippen LogP contribution in [0.2, 0.25) is 0 Å². The number of nitrogens with zero attached hydrogens (tertiary/aromatic N) is 2. The van der Waals surface area contributed by atoms with Gasteiger partial charge >= 0.3 is 0 Å². The molecule has 6 rings (SSSR count). The summed E-state index contributed by atoms with van der Waals surface area (Å²) in [5.41, 5.74) is 5.35. The maximum Gasteiger partial charge on any atom is 0.252 e. The van der Waals surface area contributed by atoms with Gasteiger partial charge in [0.1, 0.15) is 12.4 Å². The number of aryl methyl sites for hydroxylation is 3. The summed E-state index contributed by atoms with van der Waals surface area (Å²) in [7, 11) is 0. The van der Waals surface area contributed by atoms with Crippen LogP contribution in [0.3, 0.4) is 0 Å². The Labute approximate surface area is 215 Å². The molecule has 2 aromatic carbocycles. The number of thiazole rings is 1. The number of benzene rings is 2. The summed E-state index contributed by atoms with van der Waals surface area (Å²) in [5, 5.41) is 8.86. The van der Waals surface area contributed by atoms with Gasteiger partial charge in [-0.2, -0.15) is 0 Å². The largest absolute Gasteiger partial charge is 0.492 e. The molecule has 2 aliphatic rings.